The second-order valence-electron chi connectivity index (χ2n) is 8.82. The third-order valence-corrected chi connectivity index (χ3v) is 5.87. The van der Waals surface area contributed by atoms with Gasteiger partial charge in [0, 0.05) is 32.8 Å². The molecule has 2 rings (SSSR count). The molecule has 2 aliphatic rings. The van der Waals surface area contributed by atoms with Crippen LogP contribution in [0.1, 0.15) is 64.7 Å². The van der Waals surface area contributed by atoms with E-state index in [0.29, 0.717) is 26.1 Å². The molecule has 0 aromatic carbocycles. The van der Waals surface area contributed by atoms with Crippen LogP contribution in [0.4, 0.5) is 0 Å². The molecule has 2 fully saturated rings. The van der Waals surface area contributed by atoms with E-state index in [0.717, 1.165) is 19.6 Å². The summed E-state index contributed by atoms with van der Waals surface area (Å²) in [7, 11) is 0. The van der Waals surface area contributed by atoms with E-state index in [2.05, 4.69) is 16.7 Å². The van der Waals surface area contributed by atoms with Gasteiger partial charge in [-0.1, -0.05) is 26.2 Å². The van der Waals surface area contributed by atoms with E-state index >= 15 is 0 Å². The van der Waals surface area contributed by atoms with Crippen LogP contribution >= 0.6 is 0 Å². The van der Waals surface area contributed by atoms with Gasteiger partial charge in [0.25, 0.3) is 0 Å². The highest BCUT2D eigenvalue weighted by Crippen LogP contribution is 2.09. The van der Waals surface area contributed by atoms with Gasteiger partial charge in [0.15, 0.2) is 0 Å². The lowest BCUT2D eigenvalue weighted by Crippen LogP contribution is -2.37. The summed E-state index contributed by atoms with van der Waals surface area (Å²) in [4.78, 5) is 6.73. The normalized spacial score (nSPS) is 18.5. The number of rotatable bonds is 13. The van der Waals surface area contributed by atoms with Crippen molar-refractivity contribution in [2.75, 3.05) is 85.3 Å². The van der Waals surface area contributed by atoms with Crippen LogP contribution < -0.4 is 0 Å². The summed E-state index contributed by atoms with van der Waals surface area (Å²) >= 11 is 0. The SMILES string of the molecule is CCCCN1CCCCC1.OCC(O)CN1CCCCC1.OCCCN(CCO)CCO. The van der Waals surface area contributed by atoms with E-state index in [1.807, 2.05) is 4.90 Å². The van der Waals surface area contributed by atoms with Gasteiger partial charge in [-0.05, 0) is 71.2 Å². The Morgan fingerprint density at radius 3 is 1.66 bits per heavy atom. The Morgan fingerprint density at radius 2 is 1.22 bits per heavy atom. The highest BCUT2D eigenvalue weighted by Gasteiger charge is 2.13. The van der Waals surface area contributed by atoms with Crippen LogP contribution in [0.2, 0.25) is 0 Å². The van der Waals surface area contributed by atoms with Crippen LogP contribution in [0, 0.1) is 0 Å². The molecule has 0 aromatic heterocycles. The fourth-order valence-corrected chi connectivity index (χ4v) is 3.98. The summed E-state index contributed by atoms with van der Waals surface area (Å²) in [5.41, 5.74) is 0. The molecule has 32 heavy (non-hydrogen) atoms. The molecule has 8 heteroatoms. The highest BCUT2D eigenvalue weighted by molar-refractivity contribution is 4.68. The third-order valence-electron chi connectivity index (χ3n) is 5.87. The van der Waals surface area contributed by atoms with Gasteiger partial charge < -0.3 is 35.3 Å². The fraction of sp³-hybridized carbons (Fsp3) is 1.00. The maximum absolute atomic E-state index is 9.12. The monoisotopic (exact) mass is 463 g/mol. The molecule has 2 aliphatic heterocycles. The predicted octanol–water partition coefficient (Wildman–Crippen LogP) is 0.753. The molecule has 0 radical (unpaired) electrons. The van der Waals surface area contributed by atoms with Gasteiger partial charge in [0.05, 0.1) is 25.9 Å². The molecule has 0 saturated carbocycles. The standard InChI is InChI=1S/C9H19N.C8H17NO2.C7H17NO3/c1-2-3-7-10-8-5-4-6-9-10;10-7-8(11)6-9-4-2-1-3-5-9;9-5-1-2-8(3-6-10)4-7-11/h2-9H2,1H3;8,10-11H,1-7H2;9-11H,1-7H2. The number of aliphatic hydroxyl groups is 5. The summed E-state index contributed by atoms with van der Waals surface area (Å²) in [6.45, 7) is 11.3. The van der Waals surface area contributed by atoms with Crippen molar-refractivity contribution in [2.24, 2.45) is 0 Å². The minimum Gasteiger partial charge on any atom is -0.396 e. The lowest BCUT2D eigenvalue weighted by molar-refractivity contribution is 0.0533. The number of unbranched alkanes of at least 4 members (excludes halogenated alkanes) is 1. The largest absolute Gasteiger partial charge is 0.396 e. The second kappa shape index (κ2) is 23.8. The third kappa shape index (κ3) is 19.2. The van der Waals surface area contributed by atoms with Gasteiger partial charge in [-0.15, -0.1) is 0 Å². The lowest BCUT2D eigenvalue weighted by Gasteiger charge is -2.27. The first-order chi connectivity index (χ1) is 15.6. The minimum atomic E-state index is -0.548. The first-order valence-corrected chi connectivity index (χ1v) is 12.9. The van der Waals surface area contributed by atoms with Gasteiger partial charge in [-0.25, -0.2) is 0 Å². The van der Waals surface area contributed by atoms with Gasteiger partial charge in [-0.2, -0.15) is 0 Å². The average Bonchev–Trinajstić information content (AvgIpc) is 2.83. The van der Waals surface area contributed by atoms with E-state index in [1.54, 1.807) is 0 Å². The number of piperidine rings is 2. The Hall–Kier alpha value is -0.320. The molecule has 0 aromatic rings. The Labute approximate surface area is 196 Å². The molecule has 1 unspecified atom stereocenters. The van der Waals surface area contributed by atoms with E-state index in [-0.39, 0.29) is 26.4 Å². The van der Waals surface area contributed by atoms with Gasteiger partial charge in [0.2, 0.25) is 0 Å². The molecule has 1 atom stereocenters. The fourth-order valence-electron chi connectivity index (χ4n) is 3.98. The topological polar surface area (TPSA) is 111 Å². The molecular formula is C24H53N3O5. The average molecular weight is 464 g/mol. The molecule has 8 nitrogen and oxygen atoms in total. The maximum atomic E-state index is 9.12. The molecule has 2 saturated heterocycles. The van der Waals surface area contributed by atoms with Crippen LogP contribution in [0.3, 0.4) is 0 Å². The van der Waals surface area contributed by atoms with Crippen molar-refractivity contribution >= 4 is 0 Å². The van der Waals surface area contributed by atoms with Crippen molar-refractivity contribution in [3.05, 3.63) is 0 Å². The summed E-state index contributed by atoms with van der Waals surface area (Å²) < 4.78 is 0. The van der Waals surface area contributed by atoms with Crippen LogP contribution in [0.5, 0.6) is 0 Å². The second-order valence-corrected chi connectivity index (χ2v) is 8.82. The molecule has 0 amide bonds. The number of β-amino-alcohol motifs (C(OH)–C–C–N with tert-alkyl or cyclic N) is 1. The smallest absolute Gasteiger partial charge is 0.0897 e. The van der Waals surface area contributed by atoms with E-state index in [1.165, 1.54) is 71.0 Å². The Balaban J connectivity index is 0.000000451. The first kappa shape index (κ1) is 31.7. The molecule has 194 valence electrons. The van der Waals surface area contributed by atoms with Gasteiger partial charge >= 0.3 is 0 Å². The van der Waals surface area contributed by atoms with Crippen molar-refractivity contribution in [2.45, 2.75) is 70.8 Å². The molecule has 0 bridgehead atoms. The molecule has 5 N–H and O–H groups in total. The quantitative estimate of drug-likeness (QED) is 0.272. The van der Waals surface area contributed by atoms with Crippen LogP contribution in [0.15, 0.2) is 0 Å². The number of aliphatic hydroxyl groups excluding tert-OH is 5. The van der Waals surface area contributed by atoms with Gasteiger partial charge in [-0.3, -0.25) is 4.90 Å². The zero-order chi connectivity index (χ0) is 23.9. The molecule has 0 spiro atoms. The molecule has 0 aliphatic carbocycles. The Kier molecular flexibility index (Phi) is 23.6. The number of nitrogens with zero attached hydrogens (tertiary/aromatic N) is 3. The van der Waals surface area contributed by atoms with Gasteiger partial charge in [0.1, 0.15) is 0 Å². The highest BCUT2D eigenvalue weighted by atomic mass is 16.3. The van der Waals surface area contributed by atoms with Crippen molar-refractivity contribution in [1.82, 2.24) is 14.7 Å². The number of hydrogen-bond acceptors (Lipinski definition) is 8. The summed E-state index contributed by atoms with van der Waals surface area (Å²) in [5.74, 6) is 0. The molecular weight excluding hydrogens is 410 g/mol. The minimum absolute atomic E-state index is 0.103. The van der Waals surface area contributed by atoms with Crippen molar-refractivity contribution in [3.8, 4) is 0 Å². The summed E-state index contributed by atoms with van der Waals surface area (Å²) in [6.07, 6.45) is 11.0. The van der Waals surface area contributed by atoms with E-state index < -0.39 is 6.10 Å². The number of likely N-dealkylation sites (tertiary alicyclic amines) is 2. The van der Waals surface area contributed by atoms with Crippen LogP contribution in [0.25, 0.3) is 0 Å². The van der Waals surface area contributed by atoms with Crippen LogP contribution in [-0.2, 0) is 0 Å². The summed E-state index contributed by atoms with van der Waals surface area (Å²) in [6, 6.07) is 0. The lowest BCUT2D eigenvalue weighted by atomic mass is 10.1. The Morgan fingerprint density at radius 1 is 0.688 bits per heavy atom. The van der Waals surface area contributed by atoms with E-state index in [4.69, 9.17) is 25.5 Å². The van der Waals surface area contributed by atoms with Crippen molar-refractivity contribution in [1.29, 1.82) is 0 Å². The molecule has 2 heterocycles. The van der Waals surface area contributed by atoms with Crippen LogP contribution in [-0.4, -0.2) is 132 Å². The predicted molar refractivity (Wildman–Crippen MR) is 131 cm³/mol. The Bertz CT molecular complexity index is 360. The van der Waals surface area contributed by atoms with Crippen molar-refractivity contribution < 1.29 is 25.5 Å². The van der Waals surface area contributed by atoms with Crippen molar-refractivity contribution in [3.63, 3.8) is 0 Å². The zero-order valence-corrected chi connectivity index (χ0v) is 20.7. The first-order valence-electron chi connectivity index (χ1n) is 12.9. The zero-order valence-electron chi connectivity index (χ0n) is 20.7. The maximum Gasteiger partial charge on any atom is 0.0897 e. The van der Waals surface area contributed by atoms with E-state index in [9.17, 15) is 0 Å². The summed E-state index contributed by atoms with van der Waals surface area (Å²) in [5, 5.41) is 43.4. The number of hydrogen-bond donors (Lipinski definition) is 5.